The highest BCUT2D eigenvalue weighted by atomic mass is 35.5. The van der Waals surface area contributed by atoms with Crippen LogP contribution in [0.25, 0.3) is 0 Å². The van der Waals surface area contributed by atoms with Crippen LogP contribution in [-0.4, -0.2) is 48.2 Å². The van der Waals surface area contributed by atoms with Crippen molar-refractivity contribution in [3.05, 3.63) is 29.8 Å². The number of amides is 1. The number of carbonyl (C=O) groups is 1. The van der Waals surface area contributed by atoms with Gasteiger partial charge in [-0.2, -0.15) is 0 Å². The van der Waals surface area contributed by atoms with Crippen LogP contribution in [-0.2, 0) is 26.1 Å². The number of hydrogen-bond donors (Lipinski definition) is 3. The van der Waals surface area contributed by atoms with Crippen molar-refractivity contribution < 1.29 is 17.9 Å². The molecule has 0 aliphatic carbocycles. The molecule has 1 amide bonds. The molecule has 7 nitrogen and oxygen atoms in total. The third kappa shape index (κ3) is 7.19. The molecule has 1 aromatic rings. The zero-order chi connectivity index (χ0) is 15.7. The van der Waals surface area contributed by atoms with E-state index in [-0.39, 0.29) is 42.8 Å². The number of sulfonamides is 1. The maximum absolute atomic E-state index is 12.0. The standard InChI is InChI=1S/C13H21N3O4S.ClH/c1-14-10-13(17)15-9-11-4-3-5-12(8-11)21(18,19)16-6-7-20-2;/h3-5,8,14,16H,6-7,9-10H2,1-2H3,(H,15,17);1H. The minimum Gasteiger partial charge on any atom is -0.383 e. The van der Waals surface area contributed by atoms with E-state index in [0.29, 0.717) is 12.2 Å². The lowest BCUT2D eigenvalue weighted by Gasteiger charge is -2.09. The fourth-order valence-corrected chi connectivity index (χ4v) is 2.69. The van der Waals surface area contributed by atoms with Crippen molar-refractivity contribution in [3.8, 4) is 0 Å². The van der Waals surface area contributed by atoms with Crippen molar-refractivity contribution in [3.63, 3.8) is 0 Å². The van der Waals surface area contributed by atoms with Gasteiger partial charge >= 0.3 is 0 Å². The van der Waals surface area contributed by atoms with Gasteiger partial charge in [0.2, 0.25) is 15.9 Å². The maximum atomic E-state index is 12.0. The van der Waals surface area contributed by atoms with Gasteiger partial charge in [-0.1, -0.05) is 12.1 Å². The van der Waals surface area contributed by atoms with Crippen LogP contribution in [0, 0.1) is 0 Å². The van der Waals surface area contributed by atoms with Crippen molar-refractivity contribution in [1.29, 1.82) is 0 Å². The quantitative estimate of drug-likeness (QED) is 0.538. The number of hydrogen-bond acceptors (Lipinski definition) is 5. The normalized spacial score (nSPS) is 10.8. The zero-order valence-corrected chi connectivity index (χ0v) is 14.2. The Labute approximate surface area is 137 Å². The Balaban J connectivity index is 0.00000441. The number of likely N-dealkylation sites (N-methyl/N-ethyl adjacent to an activating group) is 1. The lowest BCUT2D eigenvalue weighted by atomic mass is 10.2. The molecule has 0 radical (unpaired) electrons. The molecule has 22 heavy (non-hydrogen) atoms. The summed E-state index contributed by atoms with van der Waals surface area (Å²) in [5.74, 6) is -0.149. The van der Waals surface area contributed by atoms with Gasteiger partial charge in [0.25, 0.3) is 0 Å². The van der Waals surface area contributed by atoms with E-state index in [1.54, 1.807) is 19.2 Å². The molecule has 1 rings (SSSR count). The molecule has 0 spiro atoms. The average molecular weight is 352 g/mol. The van der Waals surface area contributed by atoms with Crippen molar-refractivity contribution in [1.82, 2.24) is 15.4 Å². The van der Waals surface area contributed by atoms with E-state index in [1.165, 1.54) is 19.2 Å². The number of benzene rings is 1. The summed E-state index contributed by atoms with van der Waals surface area (Å²) in [4.78, 5) is 11.5. The molecule has 0 saturated heterocycles. The number of ether oxygens (including phenoxy) is 1. The van der Waals surface area contributed by atoms with Crippen LogP contribution in [0.15, 0.2) is 29.2 Å². The summed E-state index contributed by atoms with van der Waals surface area (Å²) in [5.41, 5.74) is 0.717. The summed E-state index contributed by atoms with van der Waals surface area (Å²) in [6.07, 6.45) is 0. The fourth-order valence-electron chi connectivity index (χ4n) is 1.61. The molecule has 0 fully saturated rings. The van der Waals surface area contributed by atoms with Gasteiger partial charge in [0.15, 0.2) is 0 Å². The van der Waals surface area contributed by atoms with E-state index in [0.717, 1.165) is 0 Å². The summed E-state index contributed by atoms with van der Waals surface area (Å²) in [6, 6.07) is 6.45. The third-order valence-electron chi connectivity index (χ3n) is 2.63. The Morgan fingerprint density at radius 1 is 1.32 bits per heavy atom. The van der Waals surface area contributed by atoms with Gasteiger partial charge in [0.05, 0.1) is 18.0 Å². The first-order valence-electron chi connectivity index (χ1n) is 6.48. The van der Waals surface area contributed by atoms with Crippen molar-refractivity contribution in [2.24, 2.45) is 0 Å². The molecule has 0 bridgehead atoms. The SMILES string of the molecule is CNCC(=O)NCc1cccc(S(=O)(=O)NCCOC)c1.Cl. The second-order valence-electron chi connectivity index (χ2n) is 4.35. The third-order valence-corrected chi connectivity index (χ3v) is 4.09. The summed E-state index contributed by atoms with van der Waals surface area (Å²) in [6.45, 7) is 1.01. The Morgan fingerprint density at radius 2 is 2.05 bits per heavy atom. The molecule has 0 aliphatic rings. The van der Waals surface area contributed by atoms with Gasteiger partial charge in [-0.25, -0.2) is 13.1 Å². The highest BCUT2D eigenvalue weighted by Gasteiger charge is 2.13. The Kier molecular flexibility index (Phi) is 9.95. The first kappa shape index (κ1) is 20.8. The van der Waals surface area contributed by atoms with Crippen molar-refractivity contribution in [2.45, 2.75) is 11.4 Å². The number of nitrogens with one attached hydrogen (secondary N) is 3. The molecule has 1 aromatic carbocycles. The molecule has 0 unspecified atom stereocenters. The van der Waals surface area contributed by atoms with Crippen LogP contribution in [0.3, 0.4) is 0 Å². The first-order chi connectivity index (χ1) is 9.99. The molecule has 0 heterocycles. The van der Waals surface area contributed by atoms with E-state index >= 15 is 0 Å². The van der Waals surface area contributed by atoms with Crippen LogP contribution in [0.2, 0.25) is 0 Å². The van der Waals surface area contributed by atoms with Gasteiger partial charge in [0.1, 0.15) is 0 Å². The van der Waals surface area contributed by atoms with E-state index in [2.05, 4.69) is 15.4 Å². The lowest BCUT2D eigenvalue weighted by Crippen LogP contribution is -2.31. The van der Waals surface area contributed by atoms with Crippen LogP contribution in [0.4, 0.5) is 0 Å². The summed E-state index contributed by atoms with van der Waals surface area (Å²) < 4.78 is 31.3. The molecule has 0 aromatic heterocycles. The van der Waals surface area contributed by atoms with Gasteiger partial charge in [0, 0.05) is 20.2 Å². The minimum absolute atomic E-state index is 0. The average Bonchev–Trinajstić information content (AvgIpc) is 2.46. The highest BCUT2D eigenvalue weighted by molar-refractivity contribution is 7.89. The fraction of sp³-hybridized carbons (Fsp3) is 0.462. The Morgan fingerprint density at radius 3 is 2.68 bits per heavy atom. The number of carbonyl (C=O) groups excluding carboxylic acids is 1. The Hall–Kier alpha value is -1.19. The van der Waals surface area contributed by atoms with Crippen molar-refractivity contribution in [2.75, 3.05) is 33.9 Å². The van der Waals surface area contributed by atoms with E-state index in [9.17, 15) is 13.2 Å². The predicted octanol–water partition coefficient (Wildman–Crippen LogP) is -0.131. The van der Waals surface area contributed by atoms with Crippen LogP contribution < -0.4 is 15.4 Å². The molecule has 0 aliphatic heterocycles. The van der Waals surface area contributed by atoms with Crippen LogP contribution in [0.1, 0.15) is 5.56 Å². The van der Waals surface area contributed by atoms with E-state index in [4.69, 9.17) is 4.74 Å². The summed E-state index contributed by atoms with van der Waals surface area (Å²) in [7, 11) is -0.377. The summed E-state index contributed by atoms with van der Waals surface area (Å²) >= 11 is 0. The topological polar surface area (TPSA) is 96.5 Å². The van der Waals surface area contributed by atoms with Gasteiger partial charge in [-0.15, -0.1) is 12.4 Å². The van der Waals surface area contributed by atoms with E-state index < -0.39 is 10.0 Å². The minimum atomic E-state index is -3.56. The number of halogens is 1. The molecule has 126 valence electrons. The molecular formula is C13H22ClN3O4S. The summed E-state index contributed by atoms with van der Waals surface area (Å²) in [5, 5.41) is 5.43. The highest BCUT2D eigenvalue weighted by Crippen LogP contribution is 2.11. The van der Waals surface area contributed by atoms with Gasteiger partial charge in [-0.3, -0.25) is 4.79 Å². The second kappa shape index (κ2) is 10.5. The van der Waals surface area contributed by atoms with Crippen LogP contribution in [0.5, 0.6) is 0 Å². The van der Waals surface area contributed by atoms with Gasteiger partial charge in [-0.05, 0) is 24.7 Å². The number of methoxy groups -OCH3 is 1. The maximum Gasteiger partial charge on any atom is 0.240 e. The Bertz CT molecular complexity index is 566. The predicted molar refractivity (Wildman–Crippen MR) is 86.5 cm³/mol. The molecule has 9 heteroatoms. The molecule has 0 saturated carbocycles. The largest absolute Gasteiger partial charge is 0.383 e. The number of rotatable bonds is 9. The molecular weight excluding hydrogens is 330 g/mol. The first-order valence-corrected chi connectivity index (χ1v) is 7.96. The lowest BCUT2D eigenvalue weighted by molar-refractivity contribution is -0.120. The monoisotopic (exact) mass is 351 g/mol. The molecule has 0 atom stereocenters. The smallest absolute Gasteiger partial charge is 0.240 e. The van der Waals surface area contributed by atoms with Crippen LogP contribution >= 0.6 is 12.4 Å². The second-order valence-corrected chi connectivity index (χ2v) is 6.11. The van der Waals surface area contributed by atoms with E-state index in [1.807, 2.05) is 0 Å². The molecule has 3 N–H and O–H groups in total. The zero-order valence-electron chi connectivity index (χ0n) is 12.6. The van der Waals surface area contributed by atoms with Crippen molar-refractivity contribution >= 4 is 28.3 Å². The van der Waals surface area contributed by atoms with Gasteiger partial charge < -0.3 is 15.4 Å².